The number of aromatic nitrogens is 1. The van der Waals surface area contributed by atoms with E-state index >= 15 is 0 Å². The number of hydrogen-bond donors (Lipinski definition) is 0. The SMILES string of the molecule is CC(C)(C)OC(=O)N1Cc2ccc(-c3c(C(F)(F)F)ccnc3Cl)cc2C1. The molecule has 1 aromatic heterocycles. The molecule has 0 bridgehead atoms. The molecule has 8 heteroatoms. The van der Waals surface area contributed by atoms with Crippen molar-refractivity contribution < 1.29 is 22.7 Å². The van der Waals surface area contributed by atoms with Crippen molar-refractivity contribution in [2.45, 2.75) is 45.6 Å². The van der Waals surface area contributed by atoms with Gasteiger partial charge in [0, 0.05) is 24.8 Å². The first-order valence-electron chi connectivity index (χ1n) is 8.27. The minimum absolute atomic E-state index is 0.162. The van der Waals surface area contributed by atoms with Crippen LogP contribution >= 0.6 is 11.6 Å². The maximum atomic E-state index is 13.4. The Balaban J connectivity index is 1.93. The molecule has 0 unspecified atom stereocenters. The van der Waals surface area contributed by atoms with Crippen LogP contribution in [-0.4, -0.2) is 21.6 Å². The number of carbonyl (C=O) groups excluding carboxylic acids is 1. The topological polar surface area (TPSA) is 42.4 Å². The molecule has 0 aliphatic carbocycles. The number of benzene rings is 1. The van der Waals surface area contributed by atoms with Crippen molar-refractivity contribution in [2.75, 3.05) is 0 Å². The van der Waals surface area contributed by atoms with E-state index in [1.807, 2.05) is 0 Å². The number of nitrogens with zero attached hydrogens (tertiary/aromatic N) is 2. The molecule has 1 amide bonds. The Morgan fingerprint density at radius 3 is 2.44 bits per heavy atom. The van der Waals surface area contributed by atoms with Crippen molar-refractivity contribution in [1.29, 1.82) is 0 Å². The number of ether oxygens (including phenoxy) is 1. The summed E-state index contributed by atoms with van der Waals surface area (Å²) >= 11 is 5.98. The lowest BCUT2D eigenvalue weighted by Gasteiger charge is -2.24. The Labute approximate surface area is 159 Å². The van der Waals surface area contributed by atoms with E-state index in [4.69, 9.17) is 16.3 Å². The Morgan fingerprint density at radius 1 is 1.15 bits per heavy atom. The van der Waals surface area contributed by atoms with E-state index in [1.165, 1.54) is 4.90 Å². The van der Waals surface area contributed by atoms with Gasteiger partial charge in [-0.25, -0.2) is 9.78 Å². The number of fused-ring (bicyclic) bond motifs is 1. The number of pyridine rings is 1. The van der Waals surface area contributed by atoms with Crippen LogP contribution in [0.25, 0.3) is 11.1 Å². The predicted octanol–water partition coefficient (Wildman–Crippen LogP) is 5.67. The van der Waals surface area contributed by atoms with E-state index in [1.54, 1.807) is 39.0 Å². The van der Waals surface area contributed by atoms with E-state index in [9.17, 15) is 18.0 Å². The average molecular weight is 399 g/mol. The van der Waals surface area contributed by atoms with Gasteiger partial charge in [0.1, 0.15) is 10.8 Å². The molecule has 1 aliphatic rings. The zero-order chi connectivity index (χ0) is 20.0. The molecule has 0 atom stereocenters. The maximum absolute atomic E-state index is 13.4. The first-order valence-corrected chi connectivity index (χ1v) is 8.65. The van der Waals surface area contributed by atoms with Crippen LogP contribution in [0, 0.1) is 0 Å². The Bertz CT molecular complexity index is 891. The molecule has 0 N–H and O–H groups in total. The summed E-state index contributed by atoms with van der Waals surface area (Å²) in [4.78, 5) is 17.5. The highest BCUT2D eigenvalue weighted by Gasteiger charge is 2.35. The van der Waals surface area contributed by atoms with Gasteiger partial charge in [-0.3, -0.25) is 4.90 Å². The largest absolute Gasteiger partial charge is 0.444 e. The molecule has 3 rings (SSSR count). The second kappa shape index (κ2) is 6.71. The molecule has 4 nitrogen and oxygen atoms in total. The van der Waals surface area contributed by atoms with Crippen LogP contribution in [0.4, 0.5) is 18.0 Å². The van der Waals surface area contributed by atoms with Crippen LogP contribution in [0.2, 0.25) is 5.15 Å². The summed E-state index contributed by atoms with van der Waals surface area (Å²) in [6.07, 6.45) is -3.98. The molecule has 2 aromatic rings. The van der Waals surface area contributed by atoms with E-state index in [0.29, 0.717) is 12.1 Å². The molecule has 1 aromatic carbocycles. The van der Waals surface area contributed by atoms with Crippen LogP contribution in [-0.2, 0) is 24.0 Å². The highest BCUT2D eigenvalue weighted by Crippen LogP contribution is 2.41. The summed E-state index contributed by atoms with van der Waals surface area (Å²) in [5, 5.41) is -0.216. The van der Waals surface area contributed by atoms with Gasteiger partial charge in [0.15, 0.2) is 0 Å². The van der Waals surface area contributed by atoms with Crippen LogP contribution in [0.1, 0.15) is 37.5 Å². The molecule has 0 radical (unpaired) electrons. The van der Waals surface area contributed by atoms with Gasteiger partial charge >= 0.3 is 12.3 Å². The predicted molar refractivity (Wildman–Crippen MR) is 95.2 cm³/mol. The van der Waals surface area contributed by atoms with Crippen molar-refractivity contribution in [2.24, 2.45) is 0 Å². The van der Waals surface area contributed by atoms with Crippen LogP contribution in [0.3, 0.4) is 0 Å². The molecule has 1 aliphatic heterocycles. The molecule has 0 spiro atoms. The lowest BCUT2D eigenvalue weighted by atomic mass is 9.98. The first-order chi connectivity index (χ1) is 12.5. The van der Waals surface area contributed by atoms with Gasteiger partial charge < -0.3 is 4.74 Å². The minimum atomic E-state index is -4.55. The summed E-state index contributed by atoms with van der Waals surface area (Å²) < 4.78 is 45.4. The fourth-order valence-corrected chi connectivity index (χ4v) is 3.22. The van der Waals surface area contributed by atoms with Crippen molar-refractivity contribution in [3.8, 4) is 11.1 Å². The Kier molecular flexibility index (Phi) is 4.84. The van der Waals surface area contributed by atoms with E-state index in [0.717, 1.165) is 23.4 Å². The lowest BCUT2D eigenvalue weighted by Crippen LogP contribution is -2.33. The Hall–Kier alpha value is -2.28. The number of hydrogen-bond acceptors (Lipinski definition) is 3. The van der Waals surface area contributed by atoms with Gasteiger partial charge in [0.2, 0.25) is 0 Å². The van der Waals surface area contributed by atoms with E-state index < -0.39 is 23.4 Å². The number of halogens is 4. The summed E-state index contributed by atoms with van der Waals surface area (Å²) in [5.41, 5.74) is 0.298. The van der Waals surface area contributed by atoms with Gasteiger partial charge in [0.25, 0.3) is 0 Å². The van der Waals surface area contributed by atoms with E-state index in [2.05, 4.69) is 4.98 Å². The van der Waals surface area contributed by atoms with Crippen LogP contribution in [0.5, 0.6) is 0 Å². The lowest BCUT2D eigenvalue weighted by molar-refractivity contribution is -0.137. The number of rotatable bonds is 1. The fourth-order valence-electron chi connectivity index (χ4n) is 2.95. The van der Waals surface area contributed by atoms with Crippen molar-refractivity contribution in [1.82, 2.24) is 9.88 Å². The molecule has 0 saturated carbocycles. The first kappa shape index (κ1) is 19.5. The van der Waals surface area contributed by atoms with Gasteiger partial charge in [-0.2, -0.15) is 13.2 Å². The Morgan fingerprint density at radius 2 is 1.81 bits per heavy atom. The molecule has 27 heavy (non-hydrogen) atoms. The third-order valence-corrected chi connectivity index (χ3v) is 4.37. The molecular weight excluding hydrogens is 381 g/mol. The summed E-state index contributed by atoms with van der Waals surface area (Å²) in [6, 6.07) is 5.80. The standard InChI is InChI=1S/C19H18ClF3N2O2/c1-18(2,3)27-17(26)25-9-12-5-4-11(8-13(12)10-25)15-14(19(21,22)23)6-7-24-16(15)20/h4-8H,9-10H2,1-3H3. The maximum Gasteiger partial charge on any atom is 0.417 e. The summed E-state index contributed by atoms with van der Waals surface area (Å²) in [7, 11) is 0. The third-order valence-electron chi connectivity index (χ3n) is 4.08. The summed E-state index contributed by atoms with van der Waals surface area (Å²) in [5.74, 6) is 0. The molecular formula is C19H18ClF3N2O2. The monoisotopic (exact) mass is 398 g/mol. The number of carbonyl (C=O) groups is 1. The second-order valence-electron chi connectivity index (χ2n) is 7.34. The smallest absolute Gasteiger partial charge is 0.417 e. The number of alkyl halides is 3. The van der Waals surface area contributed by atoms with Crippen LogP contribution in [0.15, 0.2) is 30.5 Å². The second-order valence-corrected chi connectivity index (χ2v) is 7.70. The molecule has 2 heterocycles. The van der Waals surface area contributed by atoms with E-state index in [-0.39, 0.29) is 17.3 Å². The zero-order valence-electron chi connectivity index (χ0n) is 15.0. The van der Waals surface area contributed by atoms with Crippen LogP contribution < -0.4 is 0 Å². The number of amides is 1. The van der Waals surface area contributed by atoms with Crippen molar-refractivity contribution in [3.63, 3.8) is 0 Å². The summed E-state index contributed by atoms with van der Waals surface area (Å²) in [6.45, 7) is 5.93. The normalized spacial score (nSPS) is 14.3. The third kappa shape index (κ3) is 4.18. The van der Waals surface area contributed by atoms with Crippen molar-refractivity contribution >= 4 is 17.7 Å². The van der Waals surface area contributed by atoms with Crippen molar-refractivity contribution in [3.05, 3.63) is 52.3 Å². The van der Waals surface area contributed by atoms with Gasteiger partial charge in [0.05, 0.1) is 5.56 Å². The highest BCUT2D eigenvalue weighted by atomic mass is 35.5. The fraction of sp³-hybridized carbons (Fsp3) is 0.368. The van der Waals surface area contributed by atoms with Gasteiger partial charge in [-0.1, -0.05) is 23.7 Å². The van der Waals surface area contributed by atoms with Gasteiger partial charge in [-0.15, -0.1) is 0 Å². The highest BCUT2D eigenvalue weighted by molar-refractivity contribution is 6.32. The molecule has 144 valence electrons. The average Bonchev–Trinajstić information content (AvgIpc) is 2.95. The molecule has 0 saturated heterocycles. The minimum Gasteiger partial charge on any atom is -0.444 e. The molecule has 0 fully saturated rings. The quantitative estimate of drug-likeness (QED) is 0.581. The van der Waals surface area contributed by atoms with Gasteiger partial charge in [-0.05, 0) is 49.6 Å². The zero-order valence-corrected chi connectivity index (χ0v) is 15.8.